The molecule has 0 aliphatic carbocycles. The summed E-state index contributed by atoms with van der Waals surface area (Å²) in [4.78, 5) is 13.3. The number of Topliss-reactive ketones (excluding diaryl/α,β-unsaturated/α-hetero) is 1. The van der Waals surface area contributed by atoms with Gasteiger partial charge in [0.1, 0.15) is 0 Å². The standard InChI is InChI=1S/C28H29O/c1-2-3-4-7-12-23-17-19-26(20-18-23)28(29)27(21-24-13-8-5-9-14-24)22-25-15-10-6-11-16-25/h5-6,8-20,27H,2-4,21-22H2,1H3. The molecule has 0 spiro atoms. The number of carbonyl (C=O) groups excluding carboxylic acids is 1. The molecule has 1 nitrogen and oxygen atoms in total. The molecule has 0 aliphatic rings. The highest BCUT2D eigenvalue weighted by atomic mass is 16.1. The first-order valence-corrected chi connectivity index (χ1v) is 10.5. The van der Waals surface area contributed by atoms with Crippen molar-refractivity contribution >= 4 is 11.9 Å². The number of ketones is 1. The molecule has 3 rings (SSSR count). The second-order valence-electron chi connectivity index (χ2n) is 7.51. The van der Waals surface area contributed by atoms with Crippen molar-refractivity contribution in [2.45, 2.75) is 39.0 Å². The summed E-state index contributed by atoms with van der Waals surface area (Å²) in [7, 11) is 0. The number of rotatable bonds is 10. The first-order valence-electron chi connectivity index (χ1n) is 10.5. The Morgan fingerprint density at radius 3 is 1.90 bits per heavy atom. The second-order valence-corrected chi connectivity index (χ2v) is 7.51. The highest BCUT2D eigenvalue weighted by Gasteiger charge is 2.21. The van der Waals surface area contributed by atoms with E-state index in [0.717, 1.165) is 36.8 Å². The van der Waals surface area contributed by atoms with Gasteiger partial charge in [-0.15, -0.1) is 0 Å². The normalized spacial score (nSPS) is 11.2. The topological polar surface area (TPSA) is 17.1 Å². The summed E-state index contributed by atoms with van der Waals surface area (Å²) in [6.45, 7) is 2.18. The molecule has 1 radical (unpaired) electrons. The zero-order chi connectivity index (χ0) is 20.3. The van der Waals surface area contributed by atoms with Crippen molar-refractivity contribution in [3.63, 3.8) is 0 Å². The van der Waals surface area contributed by atoms with E-state index in [1.54, 1.807) is 0 Å². The van der Waals surface area contributed by atoms with E-state index in [1.807, 2.05) is 66.7 Å². The molecule has 3 aromatic carbocycles. The Bertz CT molecular complexity index is 851. The van der Waals surface area contributed by atoms with Crippen LogP contribution in [0, 0.1) is 12.0 Å². The monoisotopic (exact) mass is 381 g/mol. The lowest BCUT2D eigenvalue weighted by atomic mass is 9.86. The molecule has 147 valence electrons. The highest BCUT2D eigenvalue weighted by Crippen LogP contribution is 2.20. The van der Waals surface area contributed by atoms with E-state index in [1.165, 1.54) is 17.5 Å². The zero-order valence-corrected chi connectivity index (χ0v) is 17.2. The number of benzene rings is 3. The molecule has 0 aromatic heterocycles. The smallest absolute Gasteiger partial charge is 0.166 e. The molecule has 0 N–H and O–H groups in total. The zero-order valence-electron chi connectivity index (χ0n) is 17.2. The van der Waals surface area contributed by atoms with Crippen LogP contribution >= 0.6 is 0 Å². The molecule has 0 saturated carbocycles. The summed E-state index contributed by atoms with van der Waals surface area (Å²) in [5, 5.41) is 0. The van der Waals surface area contributed by atoms with Gasteiger partial charge in [0.25, 0.3) is 0 Å². The summed E-state index contributed by atoms with van der Waals surface area (Å²) < 4.78 is 0. The summed E-state index contributed by atoms with van der Waals surface area (Å²) in [6, 6.07) is 28.5. The fourth-order valence-electron chi connectivity index (χ4n) is 3.50. The van der Waals surface area contributed by atoms with Crippen LogP contribution in [0.15, 0.2) is 84.9 Å². The van der Waals surface area contributed by atoms with E-state index in [0.29, 0.717) is 0 Å². The van der Waals surface area contributed by atoms with Crippen LogP contribution in [0.5, 0.6) is 0 Å². The minimum Gasteiger partial charge on any atom is -0.294 e. The van der Waals surface area contributed by atoms with E-state index in [-0.39, 0.29) is 11.7 Å². The maximum atomic E-state index is 13.3. The lowest BCUT2D eigenvalue weighted by Crippen LogP contribution is -2.20. The number of hydrogen-bond donors (Lipinski definition) is 0. The van der Waals surface area contributed by atoms with Crippen LogP contribution < -0.4 is 0 Å². The summed E-state index contributed by atoms with van der Waals surface area (Å²) in [5.74, 6) is 0.139. The third-order valence-electron chi connectivity index (χ3n) is 5.16. The van der Waals surface area contributed by atoms with Crippen LogP contribution in [0.3, 0.4) is 0 Å². The minimum absolute atomic E-state index is 0.0719. The molecular weight excluding hydrogens is 352 g/mol. The molecule has 29 heavy (non-hydrogen) atoms. The van der Waals surface area contributed by atoms with Crippen LogP contribution in [-0.4, -0.2) is 5.78 Å². The predicted molar refractivity (Wildman–Crippen MR) is 122 cm³/mol. The Hall–Kier alpha value is -2.93. The van der Waals surface area contributed by atoms with Crippen LogP contribution in [-0.2, 0) is 12.8 Å². The molecule has 0 fully saturated rings. The maximum Gasteiger partial charge on any atom is 0.166 e. The Kier molecular flexibility index (Phi) is 8.01. The fourth-order valence-corrected chi connectivity index (χ4v) is 3.50. The molecule has 0 heterocycles. The highest BCUT2D eigenvalue weighted by molar-refractivity contribution is 5.98. The Labute approximate surface area is 175 Å². The van der Waals surface area contributed by atoms with E-state index in [2.05, 4.69) is 37.3 Å². The first-order chi connectivity index (χ1) is 14.3. The van der Waals surface area contributed by atoms with Gasteiger partial charge < -0.3 is 0 Å². The fraction of sp³-hybridized carbons (Fsp3) is 0.250. The number of allylic oxidation sites excluding steroid dienone is 1. The molecular formula is C28H29O. The third-order valence-corrected chi connectivity index (χ3v) is 5.16. The van der Waals surface area contributed by atoms with Gasteiger partial charge in [0.15, 0.2) is 5.78 Å². The van der Waals surface area contributed by atoms with Crippen molar-refractivity contribution in [1.29, 1.82) is 0 Å². The van der Waals surface area contributed by atoms with Crippen molar-refractivity contribution in [3.8, 4) is 0 Å². The van der Waals surface area contributed by atoms with E-state index >= 15 is 0 Å². The Balaban J connectivity index is 1.75. The van der Waals surface area contributed by atoms with Crippen molar-refractivity contribution < 1.29 is 4.79 Å². The molecule has 0 aliphatic heterocycles. The third kappa shape index (κ3) is 6.57. The second kappa shape index (κ2) is 11.2. The Morgan fingerprint density at radius 1 is 0.828 bits per heavy atom. The van der Waals surface area contributed by atoms with E-state index in [4.69, 9.17) is 0 Å². The van der Waals surface area contributed by atoms with Gasteiger partial charge >= 0.3 is 0 Å². The average Bonchev–Trinajstić information content (AvgIpc) is 2.78. The quantitative estimate of drug-likeness (QED) is 0.273. The molecule has 0 unspecified atom stereocenters. The van der Waals surface area contributed by atoms with Gasteiger partial charge in [-0.1, -0.05) is 104 Å². The number of unbranched alkanes of at least 4 members (excludes halogenated alkanes) is 2. The van der Waals surface area contributed by atoms with Crippen LogP contribution in [0.4, 0.5) is 0 Å². The lowest BCUT2D eigenvalue weighted by molar-refractivity contribution is 0.0918. The molecule has 0 saturated heterocycles. The molecule has 0 amide bonds. The van der Waals surface area contributed by atoms with E-state index in [9.17, 15) is 4.79 Å². The van der Waals surface area contributed by atoms with Gasteiger partial charge in [-0.3, -0.25) is 4.79 Å². The summed E-state index contributed by atoms with van der Waals surface area (Å²) in [5.41, 5.74) is 4.28. The van der Waals surface area contributed by atoms with Crippen LogP contribution in [0.1, 0.15) is 53.2 Å². The van der Waals surface area contributed by atoms with E-state index < -0.39 is 0 Å². The van der Waals surface area contributed by atoms with Crippen molar-refractivity contribution in [3.05, 3.63) is 113 Å². The molecule has 1 heteroatoms. The van der Waals surface area contributed by atoms with Gasteiger partial charge in [-0.25, -0.2) is 0 Å². The summed E-state index contributed by atoms with van der Waals surface area (Å²) >= 11 is 0. The number of carbonyl (C=O) groups is 1. The Morgan fingerprint density at radius 2 is 1.38 bits per heavy atom. The lowest BCUT2D eigenvalue weighted by Gasteiger charge is -2.17. The minimum atomic E-state index is -0.0719. The number of hydrogen-bond acceptors (Lipinski definition) is 1. The predicted octanol–water partition coefficient (Wildman–Crippen LogP) is 6.98. The van der Waals surface area contributed by atoms with Crippen LogP contribution in [0.2, 0.25) is 0 Å². The average molecular weight is 382 g/mol. The molecule has 3 aromatic rings. The van der Waals surface area contributed by atoms with Gasteiger partial charge in [0.05, 0.1) is 0 Å². The van der Waals surface area contributed by atoms with Gasteiger partial charge in [-0.05, 0) is 48.4 Å². The molecule has 0 atom stereocenters. The first kappa shape index (κ1) is 20.8. The van der Waals surface area contributed by atoms with Gasteiger partial charge in [0, 0.05) is 11.5 Å². The van der Waals surface area contributed by atoms with Gasteiger partial charge in [-0.2, -0.15) is 0 Å². The maximum absolute atomic E-state index is 13.3. The van der Waals surface area contributed by atoms with Crippen molar-refractivity contribution in [1.82, 2.24) is 0 Å². The van der Waals surface area contributed by atoms with Crippen LogP contribution in [0.25, 0.3) is 6.08 Å². The largest absolute Gasteiger partial charge is 0.294 e. The van der Waals surface area contributed by atoms with Crippen molar-refractivity contribution in [2.75, 3.05) is 0 Å². The summed E-state index contributed by atoms with van der Waals surface area (Å²) in [6.07, 6.45) is 10.2. The molecule has 0 bridgehead atoms. The SMILES string of the molecule is CCCC[C]=Cc1ccc(C(=O)C(Cc2ccccc2)Cc2ccccc2)cc1. The van der Waals surface area contributed by atoms with Crippen molar-refractivity contribution in [2.24, 2.45) is 5.92 Å². The van der Waals surface area contributed by atoms with Gasteiger partial charge in [0.2, 0.25) is 0 Å².